The predicted octanol–water partition coefficient (Wildman–Crippen LogP) is 0.948. The van der Waals surface area contributed by atoms with Crippen LogP contribution in [0.1, 0.15) is 23.1 Å². The van der Waals surface area contributed by atoms with Crippen LogP contribution in [0.15, 0.2) is 6.07 Å². The molecular formula is C9H14N2O2. The van der Waals surface area contributed by atoms with Crippen LogP contribution >= 0.6 is 0 Å². The van der Waals surface area contributed by atoms with Crippen LogP contribution in [0.4, 0.5) is 0 Å². The molecule has 4 nitrogen and oxygen atoms in total. The van der Waals surface area contributed by atoms with Crippen LogP contribution in [0.3, 0.4) is 0 Å². The molecular weight excluding hydrogens is 168 g/mol. The molecule has 1 aromatic heterocycles. The molecule has 4 heteroatoms. The van der Waals surface area contributed by atoms with Gasteiger partial charge in [-0.15, -0.1) is 0 Å². The topological polar surface area (TPSA) is 44.1 Å². The van der Waals surface area contributed by atoms with Gasteiger partial charge in [0, 0.05) is 13.7 Å². The van der Waals surface area contributed by atoms with E-state index >= 15 is 0 Å². The largest absolute Gasteiger partial charge is 0.374 e. The van der Waals surface area contributed by atoms with Gasteiger partial charge in [0.05, 0.1) is 5.69 Å². The maximum atomic E-state index is 11.5. The highest BCUT2D eigenvalue weighted by Gasteiger charge is 2.10. The highest BCUT2D eigenvalue weighted by molar-refractivity contribution is 5.95. The third kappa shape index (κ3) is 2.39. The Bertz CT molecular complexity index is 305. The van der Waals surface area contributed by atoms with Crippen LogP contribution < -0.4 is 0 Å². The SMILES string of the molecule is CCOCC(=O)c1cc(C)nn1C. The molecule has 1 rings (SSSR count). The average molecular weight is 182 g/mol. The summed E-state index contributed by atoms with van der Waals surface area (Å²) in [5, 5.41) is 4.08. The molecule has 0 atom stereocenters. The van der Waals surface area contributed by atoms with E-state index in [0.29, 0.717) is 12.3 Å². The van der Waals surface area contributed by atoms with Crippen molar-refractivity contribution in [3.63, 3.8) is 0 Å². The van der Waals surface area contributed by atoms with Crippen LogP contribution in [-0.2, 0) is 11.8 Å². The number of hydrogen-bond acceptors (Lipinski definition) is 3. The molecule has 1 aromatic rings. The van der Waals surface area contributed by atoms with Gasteiger partial charge >= 0.3 is 0 Å². The molecule has 0 bridgehead atoms. The van der Waals surface area contributed by atoms with Crippen molar-refractivity contribution in [3.05, 3.63) is 17.5 Å². The number of ether oxygens (including phenoxy) is 1. The summed E-state index contributed by atoms with van der Waals surface area (Å²) >= 11 is 0. The minimum atomic E-state index is -0.0232. The van der Waals surface area contributed by atoms with Crippen molar-refractivity contribution >= 4 is 5.78 Å². The number of hydrogen-bond donors (Lipinski definition) is 0. The summed E-state index contributed by atoms with van der Waals surface area (Å²) in [6.45, 7) is 4.41. The van der Waals surface area contributed by atoms with Crippen molar-refractivity contribution in [2.75, 3.05) is 13.2 Å². The molecule has 13 heavy (non-hydrogen) atoms. The van der Waals surface area contributed by atoms with Crippen molar-refractivity contribution in [1.82, 2.24) is 9.78 Å². The Morgan fingerprint density at radius 2 is 2.38 bits per heavy atom. The van der Waals surface area contributed by atoms with Gasteiger partial charge in [0.1, 0.15) is 12.3 Å². The van der Waals surface area contributed by atoms with E-state index in [2.05, 4.69) is 5.10 Å². The normalized spacial score (nSPS) is 10.4. The number of carbonyl (C=O) groups is 1. The summed E-state index contributed by atoms with van der Waals surface area (Å²) in [6.07, 6.45) is 0. The Kier molecular flexibility index (Phi) is 3.19. The molecule has 0 N–H and O–H groups in total. The Morgan fingerprint density at radius 1 is 1.69 bits per heavy atom. The molecule has 0 fully saturated rings. The zero-order valence-electron chi connectivity index (χ0n) is 8.20. The second-order valence-electron chi connectivity index (χ2n) is 2.85. The Balaban J connectivity index is 2.70. The van der Waals surface area contributed by atoms with Gasteiger partial charge in [-0.25, -0.2) is 0 Å². The predicted molar refractivity (Wildman–Crippen MR) is 48.8 cm³/mol. The third-order valence-electron chi connectivity index (χ3n) is 1.72. The Hall–Kier alpha value is -1.16. The first-order chi connectivity index (χ1) is 6.15. The van der Waals surface area contributed by atoms with Crippen LogP contribution in [0.2, 0.25) is 0 Å². The van der Waals surface area contributed by atoms with Gasteiger partial charge in [0.15, 0.2) is 0 Å². The van der Waals surface area contributed by atoms with E-state index in [-0.39, 0.29) is 12.4 Å². The smallest absolute Gasteiger partial charge is 0.206 e. The molecule has 0 spiro atoms. The number of aryl methyl sites for hydroxylation is 2. The Labute approximate surface area is 77.5 Å². The summed E-state index contributed by atoms with van der Waals surface area (Å²) in [6, 6.07) is 1.77. The highest BCUT2D eigenvalue weighted by atomic mass is 16.5. The molecule has 0 saturated heterocycles. The van der Waals surface area contributed by atoms with Gasteiger partial charge < -0.3 is 4.74 Å². The third-order valence-corrected chi connectivity index (χ3v) is 1.72. The standard InChI is InChI=1S/C9H14N2O2/c1-4-13-6-9(12)8-5-7(2)10-11(8)3/h5H,4,6H2,1-3H3. The lowest BCUT2D eigenvalue weighted by Gasteiger charge is -2.00. The van der Waals surface area contributed by atoms with Gasteiger partial charge in [-0.2, -0.15) is 5.10 Å². The molecule has 0 aliphatic carbocycles. The molecule has 0 unspecified atom stereocenters. The van der Waals surface area contributed by atoms with Crippen molar-refractivity contribution in [2.24, 2.45) is 7.05 Å². The zero-order valence-corrected chi connectivity index (χ0v) is 8.20. The van der Waals surface area contributed by atoms with Gasteiger partial charge in [0.25, 0.3) is 0 Å². The first kappa shape index (κ1) is 9.92. The van der Waals surface area contributed by atoms with Crippen molar-refractivity contribution in [1.29, 1.82) is 0 Å². The van der Waals surface area contributed by atoms with Gasteiger partial charge in [-0.1, -0.05) is 0 Å². The van der Waals surface area contributed by atoms with Crippen LogP contribution in [0, 0.1) is 6.92 Å². The van der Waals surface area contributed by atoms with E-state index in [9.17, 15) is 4.79 Å². The summed E-state index contributed by atoms with van der Waals surface area (Å²) in [5.74, 6) is -0.0232. The van der Waals surface area contributed by atoms with E-state index in [1.807, 2.05) is 13.8 Å². The molecule has 1 heterocycles. The number of carbonyl (C=O) groups excluding carboxylic acids is 1. The van der Waals surface area contributed by atoms with E-state index in [0.717, 1.165) is 5.69 Å². The average Bonchev–Trinajstić information content (AvgIpc) is 2.41. The first-order valence-corrected chi connectivity index (χ1v) is 4.26. The monoisotopic (exact) mass is 182 g/mol. The van der Waals surface area contributed by atoms with Gasteiger partial charge in [-0.05, 0) is 19.9 Å². The molecule has 0 aliphatic heterocycles. The van der Waals surface area contributed by atoms with Gasteiger partial charge in [0.2, 0.25) is 5.78 Å². The van der Waals surface area contributed by atoms with E-state index in [1.54, 1.807) is 17.8 Å². The maximum absolute atomic E-state index is 11.5. The molecule has 0 aliphatic rings. The van der Waals surface area contributed by atoms with Gasteiger partial charge in [-0.3, -0.25) is 9.48 Å². The van der Waals surface area contributed by atoms with E-state index in [1.165, 1.54) is 0 Å². The minimum absolute atomic E-state index is 0.0232. The summed E-state index contributed by atoms with van der Waals surface area (Å²) in [4.78, 5) is 11.5. The van der Waals surface area contributed by atoms with Crippen molar-refractivity contribution in [3.8, 4) is 0 Å². The van der Waals surface area contributed by atoms with Crippen LogP contribution in [-0.4, -0.2) is 28.8 Å². The lowest BCUT2D eigenvalue weighted by molar-refractivity contribution is 0.0774. The van der Waals surface area contributed by atoms with Crippen molar-refractivity contribution in [2.45, 2.75) is 13.8 Å². The second-order valence-corrected chi connectivity index (χ2v) is 2.85. The number of Topliss-reactive ketones (excluding diaryl/α,β-unsaturated/α-hetero) is 1. The van der Waals surface area contributed by atoms with Crippen LogP contribution in [0.25, 0.3) is 0 Å². The van der Waals surface area contributed by atoms with E-state index < -0.39 is 0 Å². The maximum Gasteiger partial charge on any atom is 0.206 e. The second kappa shape index (κ2) is 4.18. The van der Waals surface area contributed by atoms with E-state index in [4.69, 9.17) is 4.74 Å². The quantitative estimate of drug-likeness (QED) is 0.651. The zero-order chi connectivity index (χ0) is 9.84. The lowest BCUT2D eigenvalue weighted by Crippen LogP contribution is -2.13. The number of ketones is 1. The lowest BCUT2D eigenvalue weighted by atomic mass is 10.3. The summed E-state index contributed by atoms with van der Waals surface area (Å²) < 4.78 is 6.60. The molecule has 0 saturated carbocycles. The Morgan fingerprint density at radius 3 is 2.85 bits per heavy atom. The number of rotatable bonds is 4. The summed E-state index contributed by atoms with van der Waals surface area (Å²) in [7, 11) is 1.76. The number of aromatic nitrogens is 2. The molecule has 72 valence electrons. The fourth-order valence-corrected chi connectivity index (χ4v) is 1.14. The number of nitrogens with zero attached hydrogens (tertiary/aromatic N) is 2. The van der Waals surface area contributed by atoms with Crippen molar-refractivity contribution < 1.29 is 9.53 Å². The van der Waals surface area contributed by atoms with Crippen LogP contribution in [0.5, 0.6) is 0 Å². The fraction of sp³-hybridized carbons (Fsp3) is 0.556. The highest BCUT2D eigenvalue weighted by Crippen LogP contribution is 2.02. The molecule has 0 radical (unpaired) electrons. The minimum Gasteiger partial charge on any atom is -0.374 e. The fourth-order valence-electron chi connectivity index (χ4n) is 1.14. The first-order valence-electron chi connectivity index (χ1n) is 4.26. The molecule has 0 amide bonds. The molecule has 0 aromatic carbocycles. The summed E-state index contributed by atoms with van der Waals surface area (Å²) in [5.41, 5.74) is 1.45.